The minimum absolute atomic E-state index is 0.827. The first kappa shape index (κ1) is 49.2. The Morgan fingerprint density at radius 1 is 0.337 bits per heavy atom. The normalized spacial score (nSPS) is 11.7. The van der Waals surface area contributed by atoms with Gasteiger partial charge in [0.2, 0.25) is 0 Å². The van der Waals surface area contributed by atoms with E-state index in [1.165, 1.54) is 11.1 Å². The Hall–Kier alpha value is -10.9. The molecule has 0 bridgehead atoms. The summed E-state index contributed by atoms with van der Waals surface area (Å²) in [5, 5.41) is 6.15. The van der Waals surface area contributed by atoms with Gasteiger partial charge in [0.25, 0.3) is 0 Å². The maximum atomic E-state index is 7.16. The van der Waals surface area contributed by atoms with E-state index in [0.29, 0.717) is 0 Å². The topological polar surface area (TPSA) is 31.6 Å². The molecule has 83 heavy (non-hydrogen) atoms. The van der Waals surface area contributed by atoms with Gasteiger partial charge in [-0.3, -0.25) is 0 Å². The van der Waals surface area contributed by atoms with E-state index in [1.54, 1.807) is 0 Å². The van der Waals surface area contributed by atoms with Gasteiger partial charge in [-0.25, -0.2) is 0 Å². The predicted molar refractivity (Wildman–Crippen MR) is 350 cm³/mol. The van der Waals surface area contributed by atoms with Crippen molar-refractivity contribution in [1.82, 2.24) is 0 Å². The molecule has 0 saturated heterocycles. The highest BCUT2D eigenvalue weighted by atomic mass is 16.3. The third-order valence-electron chi connectivity index (χ3n) is 16.1. The van der Waals surface area contributed by atoms with Crippen molar-refractivity contribution in [2.24, 2.45) is 0 Å². The van der Waals surface area contributed by atoms with Gasteiger partial charge >= 0.3 is 0 Å². The Labute approximate surface area is 484 Å². The fraction of sp³-hybridized carbons (Fsp3) is 0. The van der Waals surface area contributed by atoms with Gasteiger partial charge in [0.15, 0.2) is 12.9 Å². The maximum absolute atomic E-state index is 7.16. The Morgan fingerprint density at radius 3 is 1.40 bits per heavy atom. The molecule has 4 nitrogen and oxygen atoms in total. The van der Waals surface area contributed by atoms with Gasteiger partial charge < -0.3 is 19.5 Å². The van der Waals surface area contributed by atoms with E-state index in [2.05, 4.69) is 338 Å². The maximum Gasteiger partial charge on any atom is 0.198 e. The lowest BCUT2D eigenvalue weighted by molar-refractivity contribution is 0.669. The number of fused-ring (bicyclic) bond motifs is 6. The van der Waals surface area contributed by atoms with Crippen molar-refractivity contribution in [2.75, 3.05) is 15.1 Å². The molecule has 1 aliphatic heterocycles. The van der Waals surface area contributed by atoms with Gasteiger partial charge in [-0.2, -0.15) is 0 Å². The van der Waals surface area contributed by atoms with Crippen LogP contribution in [0.4, 0.5) is 45.5 Å². The number of hydrogen-bond acceptors (Lipinski definition) is 4. The number of para-hydroxylation sites is 1. The second-order valence-corrected chi connectivity index (χ2v) is 21.2. The molecular weight excluding hydrogens is 1010 g/mol. The van der Waals surface area contributed by atoms with E-state index in [4.69, 9.17) is 4.42 Å². The summed E-state index contributed by atoms with van der Waals surface area (Å²) in [5.41, 5.74) is 25.5. The van der Waals surface area contributed by atoms with Gasteiger partial charge in [-0.05, 0) is 146 Å². The molecule has 0 saturated carbocycles. The zero-order valence-corrected chi connectivity index (χ0v) is 45.4. The molecule has 15 rings (SSSR count). The molecule has 1 aromatic heterocycles. The van der Waals surface area contributed by atoms with Crippen LogP contribution in [0.15, 0.2) is 320 Å². The highest BCUT2D eigenvalue weighted by molar-refractivity contribution is 6.74. The smallest absolute Gasteiger partial charge is 0.198 e. The van der Waals surface area contributed by atoms with Crippen LogP contribution in [-0.2, 0) is 0 Å². The Balaban J connectivity index is 0.969. The van der Waals surface area contributed by atoms with Crippen LogP contribution in [-0.4, -0.2) is 7.28 Å². The molecular formula is C78H53BN3O. The summed E-state index contributed by atoms with van der Waals surface area (Å²) < 4.78 is 7.16. The van der Waals surface area contributed by atoms with Crippen LogP contribution >= 0.6 is 0 Å². The third kappa shape index (κ3) is 9.40. The van der Waals surface area contributed by atoms with Crippen molar-refractivity contribution < 1.29 is 4.42 Å². The van der Waals surface area contributed by atoms with Crippen molar-refractivity contribution in [2.45, 2.75) is 0 Å². The van der Waals surface area contributed by atoms with Gasteiger partial charge in [-0.1, -0.05) is 242 Å². The summed E-state index contributed by atoms with van der Waals surface area (Å²) in [6.07, 6.45) is 0. The van der Waals surface area contributed by atoms with Crippen LogP contribution < -0.4 is 26.0 Å². The molecule has 1 radical (unpaired) electrons. The predicted octanol–water partition coefficient (Wildman–Crippen LogP) is 20.2. The number of nitrogens with one attached hydrogen (secondary N) is 1. The van der Waals surface area contributed by atoms with Crippen molar-refractivity contribution in [3.05, 3.63) is 315 Å². The van der Waals surface area contributed by atoms with E-state index in [9.17, 15) is 0 Å². The quantitative estimate of drug-likeness (QED) is 0.124. The molecule has 0 amide bonds. The molecule has 0 atom stereocenters. The van der Waals surface area contributed by atoms with E-state index in [1.807, 2.05) is 0 Å². The van der Waals surface area contributed by atoms with Gasteiger partial charge in [0.05, 0.1) is 5.69 Å². The highest BCUT2D eigenvalue weighted by Gasteiger charge is 2.33. The first-order chi connectivity index (χ1) is 41.1. The van der Waals surface area contributed by atoms with Crippen LogP contribution in [0.3, 0.4) is 0 Å². The lowest BCUT2D eigenvalue weighted by Crippen LogP contribution is -2.41. The molecule has 1 N–H and O–H groups in total. The molecule has 0 aliphatic carbocycles. The largest absolute Gasteiger partial charge is 0.454 e. The minimum atomic E-state index is 0.827. The van der Waals surface area contributed by atoms with E-state index in [-0.39, 0.29) is 0 Å². The van der Waals surface area contributed by atoms with E-state index >= 15 is 0 Å². The van der Waals surface area contributed by atoms with Gasteiger partial charge in [0.1, 0.15) is 5.58 Å². The van der Waals surface area contributed by atoms with E-state index < -0.39 is 0 Å². The summed E-state index contributed by atoms with van der Waals surface area (Å²) in [7, 11) is 2.38. The summed E-state index contributed by atoms with van der Waals surface area (Å²) in [5.74, 6) is 0. The fourth-order valence-electron chi connectivity index (χ4n) is 12.0. The highest BCUT2D eigenvalue weighted by Crippen LogP contribution is 2.48. The summed E-state index contributed by atoms with van der Waals surface area (Å²) in [6, 6.07) is 113. The average molecular weight is 1060 g/mol. The molecule has 389 valence electrons. The minimum Gasteiger partial charge on any atom is -0.454 e. The molecule has 1 aliphatic rings. The van der Waals surface area contributed by atoms with Crippen LogP contribution in [0.2, 0.25) is 0 Å². The zero-order chi connectivity index (χ0) is 55.1. The standard InChI is InChI=1S/C78H53BN3O/c1-6-20-53(21-7-1)58-36-41-64(42-37-58)81(65-43-38-59(39-44-65)54-22-8-2-9-23-54)67-45-46-68(73(51-67)80-63-32-18-30-60(48-63)55-24-10-3-11-25-55)70-52-71-69-34-16-17-35-75(69)83-78(71)77-76(70)79-72-47-40-62(57-28-14-5-15-29-57)50-74(72)82(77)66-33-19-31-61(49-66)56-26-12-4-13-27-56/h1-52,80H. The lowest BCUT2D eigenvalue weighted by atomic mass is 9.57. The summed E-state index contributed by atoms with van der Waals surface area (Å²) in [4.78, 5) is 4.82. The molecule has 14 aromatic rings. The van der Waals surface area contributed by atoms with Crippen LogP contribution in [0, 0.1) is 0 Å². The monoisotopic (exact) mass is 1060 g/mol. The van der Waals surface area contributed by atoms with Gasteiger partial charge in [-0.15, -0.1) is 0 Å². The molecule has 0 fully saturated rings. The van der Waals surface area contributed by atoms with Crippen molar-refractivity contribution in [1.29, 1.82) is 0 Å². The second-order valence-electron chi connectivity index (χ2n) is 21.2. The number of furan rings is 1. The van der Waals surface area contributed by atoms with Crippen LogP contribution in [0.1, 0.15) is 0 Å². The first-order valence-electron chi connectivity index (χ1n) is 28.3. The SMILES string of the molecule is [B]1c2ccc(-c3ccccc3)cc2N(c2cccc(-c3ccccc3)c2)c2c1c(-c1ccc(N(c3ccc(-c4ccccc4)cc3)c3ccc(-c4ccccc4)cc3)cc1Nc1cccc(-c3ccccc3)c1)cc1c2oc2ccccc21. The third-order valence-corrected chi connectivity index (χ3v) is 16.1. The summed E-state index contributed by atoms with van der Waals surface area (Å²) in [6.45, 7) is 0. The number of benzene rings is 13. The molecule has 0 spiro atoms. The number of anilines is 8. The number of rotatable bonds is 12. The van der Waals surface area contributed by atoms with Crippen LogP contribution in [0.25, 0.3) is 88.7 Å². The Morgan fingerprint density at radius 2 is 0.807 bits per heavy atom. The average Bonchev–Trinajstić information content (AvgIpc) is 2.74. The number of nitrogens with zero attached hydrogens (tertiary/aromatic N) is 2. The van der Waals surface area contributed by atoms with Crippen molar-refractivity contribution >= 4 is 85.6 Å². The Kier molecular flexibility index (Phi) is 12.6. The Bertz CT molecular complexity index is 4560. The summed E-state index contributed by atoms with van der Waals surface area (Å²) >= 11 is 0. The first-order valence-corrected chi connectivity index (χ1v) is 28.3. The second kappa shape index (κ2) is 21.3. The molecule has 13 aromatic carbocycles. The van der Waals surface area contributed by atoms with Crippen LogP contribution in [0.5, 0.6) is 0 Å². The lowest BCUT2D eigenvalue weighted by Gasteiger charge is -2.35. The fourth-order valence-corrected chi connectivity index (χ4v) is 12.0. The van der Waals surface area contributed by atoms with E-state index in [0.717, 1.165) is 134 Å². The molecule has 5 heteroatoms. The molecule has 0 unspecified atom stereocenters. The molecule has 2 heterocycles. The number of hydrogen-bond donors (Lipinski definition) is 1. The van der Waals surface area contributed by atoms with Gasteiger partial charge in [0, 0.05) is 56.1 Å². The zero-order valence-electron chi connectivity index (χ0n) is 45.4. The van der Waals surface area contributed by atoms with Crippen molar-refractivity contribution in [3.63, 3.8) is 0 Å². The van der Waals surface area contributed by atoms with Crippen molar-refractivity contribution in [3.8, 4) is 66.8 Å².